The molecule has 1 aromatic rings. The molecule has 1 fully saturated rings. The van der Waals surface area contributed by atoms with E-state index in [-0.39, 0.29) is 11.6 Å². The summed E-state index contributed by atoms with van der Waals surface area (Å²) >= 11 is 0. The van der Waals surface area contributed by atoms with Crippen LogP contribution in [-0.4, -0.2) is 36.7 Å². The maximum absolute atomic E-state index is 6.65. The van der Waals surface area contributed by atoms with E-state index >= 15 is 0 Å². The molecule has 0 amide bonds. The lowest BCUT2D eigenvalue weighted by molar-refractivity contribution is -0.0277. The Hall–Kier alpha value is -0.900. The first kappa shape index (κ1) is 15.5. The van der Waals surface area contributed by atoms with Crippen molar-refractivity contribution in [2.75, 3.05) is 26.3 Å². The third-order valence-electron chi connectivity index (χ3n) is 5.01. The molecule has 2 rings (SSSR count). The Labute approximate surface area is 123 Å². The van der Waals surface area contributed by atoms with Crippen LogP contribution >= 0.6 is 0 Å². The quantitative estimate of drug-likeness (QED) is 0.919. The lowest BCUT2D eigenvalue weighted by atomic mass is 9.82. The fraction of sp³-hybridized carbons (Fsp3) is 0.647. The van der Waals surface area contributed by atoms with E-state index in [9.17, 15) is 0 Å². The minimum absolute atomic E-state index is 0.00845. The summed E-state index contributed by atoms with van der Waals surface area (Å²) in [6, 6.07) is 6.64. The van der Waals surface area contributed by atoms with E-state index in [4.69, 9.17) is 10.5 Å². The van der Waals surface area contributed by atoms with Crippen molar-refractivity contribution in [2.24, 2.45) is 5.73 Å². The average molecular weight is 276 g/mol. The van der Waals surface area contributed by atoms with Gasteiger partial charge in [0, 0.05) is 24.7 Å². The van der Waals surface area contributed by atoms with E-state index in [1.807, 2.05) is 0 Å². The zero-order valence-corrected chi connectivity index (χ0v) is 13.3. The molecule has 1 saturated heterocycles. The molecule has 112 valence electrons. The predicted octanol–water partition coefficient (Wildman–Crippen LogP) is 2.80. The van der Waals surface area contributed by atoms with Crippen molar-refractivity contribution in [3.63, 3.8) is 0 Å². The van der Waals surface area contributed by atoms with Gasteiger partial charge >= 0.3 is 0 Å². The highest BCUT2D eigenvalue weighted by Gasteiger charge is 2.37. The lowest BCUT2D eigenvalue weighted by Gasteiger charge is -2.46. The van der Waals surface area contributed by atoms with Gasteiger partial charge in [-0.3, -0.25) is 4.90 Å². The minimum atomic E-state index is -0.00845. The molecule has 0 bridgehead atoms. The molecule has 0 spiro atoms. The van der Waals surface area contributed by atoms with Crippen molar-refractivity contribution in [1.82, 2.24) is 4.90 Å². The van der Waals surface area contributed by atoms with Crippen LogP contribution in [-0.2, 0) is 4.74 Å². The van der Waals surface area contributed by atoms with E-state index in [1.54, 1.807) is 0 Å². The van der Waals surface area contributed by atoms with Crippen LogP contribution in [0.1, 0.15) is 43.0 Å². The van der Waals surface area contributed by atoms with Gasteiger partial charge in [0.1, 0.15) is 0 Å². The molecule has 1 heterocycles. The third-order valence-corrected chi connectivity index (χ3v) is 5.01. The van der Waals surface area contributed by atoms with Crippen molar-refractivity contribution >= 4 is 0 Å². The molecular formula is C17H28N2O. The molecule has 0 radical (unpaired) electrons. The van der Waals surface area contributed by atoms with Crippen molar-refractivity contribution in [1.29, 1.82) is 0 Å². The van der Waals surface area contributed by atoms with Gasteiger partial charge in [-0.15, -0.1) is 0 Å². The highest BCUT2D eigenvalue weighted by Crippen LogP contribution is 2.33. The highest BCUT2D eigenvalue weighted by molar-refractivity contribution is 5.33. The Morgan fingerprint density at radius 3 is 2.45 bits per heavy atom. The molecule has 2 atom stereocenters. The molecule has 3 nitrogen and oxygen atoms in total. The summed E-state index contributed by atoms with van der Waals surface area (Å²) in [5, 5.41) is 0. The molecule has 1 aromatic carbocycles. The summed E-state index contributed by atoms with van der Waals surface area (Å²) in [5.41, 5.74) is 10.5. The molecule has 1 aliphatic rings. The monoisotopic (exact) mass is 276 g/mol. The van der Waals surface area contributed by atoms with E-state index in [0.29, 0.717) is 0 Å². The number of nitrogens with two attached hydrogens (primary N) is 1. The first-order valence-corrected chi connectivity index (χ1v) is 7.64. The van der Waals surface area contributed by atoms with Crippen LogP contribution in [0.3, 0.4) is 0 Å². The van der Waals surface area contributed by atoms with Crippen molar-refractivity contribution < 1.29 is 4.74 Å². The molecule has 0 aromatic heterocycles. The summed E-state index contributed by atoms with van der Waals surface area (Å²) < 4.78 is 5.48. The van der Waals surface area contributed by atoms with Gasteiger partial charge in [-0.1, -0.05) is 25.1 Å². The highest BCUT2D eigenvalue weighted by atomic mass is 16.5. The Balaban J connectivity index is 2.26. The van der Waals surface area contributed by atoms with Gasteiger partial charge in [0.2, 0.25) is 0 Å². The zero-order valence-electron chi connectivity index (χ0n) is 13.3. The van der Waals surface area contributed by atoms with Gasteiger partial charge in [0.05, 0.1) is 13.2 Å². The SMILES string of the molecule is CCC(C)(C(N)c1ccc(C)c(C)c1)N1CCOCC1. The van der Waals surface area contributed by atoms with Crippen LogP contribution < -0.4 is 5.73 Å². The number of aryl methyl sites for hydroxylation is 2. The van der Waals surface area contributed by atoms with Gasteiger partial charge in [-0.2, -0.15) is 0 Å². The summed E-state index contributed by atoms with van der Waals surface area (Å²) in [4.78, 5) is 2.50. The van der Waals surface area contributed by atoms with E-state index in [0.717, 1.165) is 32.7 Å². The first-order chi connectivity index (χ1) is 9.49. The summed E-state index contributed by atoms with van der Waals surface area (Å²) in [6.07, 6.45) is 1.04. The standard InChI is InChI=1S/C17H28N2O/c1-5-17(4,19-8-10-20-11-9-19)16(18)15-7-6-13(2)14(3)12-15/h6-7,12,16H,5,8-11,18H2,1-4H3. The second-order valence-corrected chi connectivity index (χ2v) is 6.13. The van der Waals surface area contributed by atoms with Gasteiger partial charge in [-0.05, 0) is 43.9 Å². The van der Waals surface area contributed by atoms with Crippen LogP contribution in [0.2, 0.25) is 0 Å². The smallest absolute Gasteiger partial charge is 0.0594 e. The van der Waals surface area contributed by atoms with Crippen LogP contribution in [0.25, 0.3) is 0 Å². The van der Waals surface area contributed by atoms with Gasteiger partial charge in [0.25, 0.3) is 0 Å². The maximum Gasteiger partial charge on any atom is 0.0594 e. The van der Waals surface area contributed by atoms with Gasteiger partial charge < -0.3 is 10.5 Å². The summed E-state index contributed by atoms with van der Waals surface area (Å²) in [6.45, 7) is 12.4. The number of hydrogen-bond donors (Lipinski definition) is 1. The summed E-state index contributed by atoms with van der Waals surface area (Å²) in [7, 11) is 0. The van der Waals surface area contributed by atoms with E-state index in [1.165, 1.54) is 16.7 Å². The number of benzene rings is 1. The topological polar surface area (TPSA) is 38.5 Å². The van der Waals surface area contributed by atoms with Crippen molar-refractivity contribution in [2.45, 2.75) is 45.7 Å². The molecule has 1 aliphatic heterocycles. The van der Waals surface area contributed by atoms with Crippen molar-refractivity contribution in [3.05, 3.63) is 34.9 Å². The molecular weight excluding hydrogens is 248 g/mol. The Morgan fingerprint density at radius 1 is 1.25 bits per heavy atom. The first-order valence-electron chi connectivity index (χ1n) is 7.64. The number of nitrogens with zero attached hydrogens (tertiary/aromatic N) is 1. The fourth-order valence-electron chi connectivity index (χ4n) is 3.03. The van der Waals surface area contributed by atoms with Crippen LogP contribution in [0, 0.1) is 13.8 Å². The molecule has 3 heteroatoms. The Kier molecular flexibility index (Phi) is 4.84. The normalized spacial score (nSPS) is 21.4. The molecule has 2 unspecified atom stereocenters. The molecule has 20 heavy (non-hydrogen) atoms. The van der Waals surface area contributed by atoms with Crippen molar-refractivity contribution in [3.8, 4) is 0 Å². The van der Waals surface area contributed by atoms with E-state index in [2.05, 4.69) is 50.8 Å². The van der Waals surface area contributed by atoms with Crippen LogP contribution in [0.15, 0.2) is 18.2 Å². The molecule has 0 aliphatic carbocycles. The molecule has 2 N–H and O–H groups in total. The molecule has 0 saturated carbocycles. The minimum Gasteiger partial charge on any atom is -0.379 e. The van der Waals surface area contributed by atoms with Crippen LogP contribution in [0.4, 0.5) is 0 Å². The number of morpholine rings is 1. The third kappa shape index (κ3) is 2.90. The maximum atomic E-state index is 6.65. The largest absolute Gasteiger partial charge is 0.379 e. The second-order valence-electron chi connectivity index (χ2n) is 6.13. The Bertz CT molecular complexity index is 454. The number of hydrogen-bond acceptors (Lipinski definition) is 3. The average Bonchev–Trinajstić information content (AvgIpc) is 2.49. The lowest BCUT2D eigenvalue weighted by Crippen LogP contribution is -2.56. The zero-order chi connectivity index (χ0) is 14.8. The second kappa shape index (κ2) is 6.25. The van der Waals surface area contributed by atoms with Gasteiger partial charge in [0.15, 0.2) is 0 Å². The fourth-order valence-corrected chi connectivity index (χ4v) is 3.03. The van der Waals surface area contributed by atoms with E-state index < -0.39 is 0 Å². The Morgan fingerprint density at radius 2 is 1.90 bits per heavy atom. The number of ether oxygens (including phenoxy) is 1. The summed E-state index contributed by atoms with van der Waals surface area (Å²) in [5.74, 6) is 0. The predicted molar refractivity (Wildman–Crippen MR) is 83.9 cm³/mol. The van der Waals surface area contributed by atoms with Gasteiger partial charge in [-0.25, -0.2) is 0 Å². The number of rotatable bonds is 4. The van der Waals surface area contributed by atoms with Crippen LogP contribution in [0.5, 0.6) is 0 Å².